The second kappa shape index (κ2) is 9.35. The molecular weight excluding hydrogens is 457 g/mol. The molecule has 1 saturated heterocycles. The largest absolute Gasteiger partial charge is 0.354 e. The number of benzene rings is 2. The molecule has 186 valence electrons. The third kappa shape index (κ3) is 4.44. The molecule has 1 aliphatic heterocycles. The molecule has 0 bridgehead atoms. The number of para-hydroxylation sites is 1. The summed E-state index contributed by atoms with van der Waals surface area (Å²) in [4.78, 5) is 38.4. The Morgan fingerprint density at radius 2 is 1.81 bits per heavy atom. The van der Waals surface area contributed by atoms with Crippen LogP contribution in [0.25, 0.3) is 21.8 Å². The highest BCUT2D eigenvalue weighted by molar-refractivity contribution is 6.00. The molecule has 2 aromatic heterocycles. The maximum atomic E-state index is 15.0. The van der Waals surface area contributed by atoms with Gasteiger partial charge < -0.3 is 20.1 Å². The van der Waals surface area contributed by atoms with Gasteiger partial charge in [0.2, 0.25) is 0 Å². The number of rotatable bonds is 5. The van der Waals surface area contributed by atoms with Gasteiger partial charge in [-0.15, -0.1) is 0 Å². The summed E-state index contributed by atoms with van der Waals surface area (Å²) in [6.07, 6.45) is 1.77. The van der Waals surface area contributed by atoms with E-state index in [2.05, 4.69) is 32.0 Å². The lowest BCUT2D eigenvalue weighted by Crippen LogP contribution is -2.46. The molecule has 1 amide bonds. The van der Waals surface area contributed by atoms with E-state index in [0.29, 0.717) is 16.4 Å². The Labute approximate surface area is 208 Å². The zero-order valence-corrected chi connectivity index (χ0v) is 20.8. The number of fused-ring (bicyclic) bond motifs is 2. The van der Waals surface area contributed by atoms with Crippen LogP contribution < -0.4 is 15.6 Å². The van der Waals surface area contributed by atoms with Gasteiger partial charge in [0, 0.05) is 48.7 Å². The summed E-state index contributed by atoms with van der Waals surface area (Å²) in [5.74, 6) is -0.391. The Morgan fingerprint density at radius 3 is 2.50 bits per heavy atom. The van der Waals surface area contributed by atoms with E-state index < -0.39 is 17.3 Å². The van der Waals surface area contributed by atoms with Crippen LogP contribution in [0.5, 0.6) is 0 Å². The van der Waals surface area contributed by atoms with Crippen LogP contribution in [-0.4, -0.2) is 53.5 Å². The van der Waals surface area contributed by atoms with E-state index in [1.165, 1.54) is 6.07 Å². The predicted octanol–water partition coefficient (Wildman–Crippen LogP) is 4.02. The van der Waals surface area contributed by atoms with Crippen LogP contribution >= 0.6 is 0 Å². The molecule has 0 aliphatic carbocycles. The minimum absolute atomic E-state index is 0.125. The highest BCUT2D eigenvalue weighted by Crippen LogP contribution is 2.24. The van der Waals surface area contributed by atoms with Gasteiger partial charge >= 0.3 is 0 Å². The standard InChI is InChI=1S/C28H30FN5O2/c1-4-33-11-13-34(14-12-33)25-10-9-18(17-30-25)28(2,3)32-27(36)20-16-24-21(15-22(20)29)26(35)19-7-5-6-8-23(19)31-24/h5-10,15-17H,4,11-14H2,1-3H3,(H,31,35)(H,32,36). The van der Waals surface area contributed by atoms with Crippen LogP contribution in [0, 0.1) is 5.82 Å². The summed E-state index contributed by atoms with van der Waals surface area (Å²) in [6, 6.07) is 13.5. The van der Waals surface area contributed by atoms with Crippen molar-refractivity contribution in [2.24, 2.45) is 0 Å². The van der Waals surface area contributed by atoms with Crippen molar-refractivity contribution in [3.05, 3.63) is 81.9 Å². The molecule has 4 aromatic rings. The van der Waals surface area contributed by atoms with Crippen molar-refractivity contribution >= 4 is 33.5 Å². The van der Waals surface area contributed by atoms with Crippen molar-refractivity contribution < 1.29 is 9.18 Å². The summed E-state index contributed by atoms with van der Waals surface area (Å²) in [6.45, 7) is 10.8. The lowest BCUT2D eigenvalue weighted by molar-refractivity contribution is 0.0908. The average Bonchev–Trinajstić information content (AvgIpc) is 2.89. The summed E-state index contributed by atoms with van der Waals surface area (Å²) in [7, 11) is 0. The number of aromatic nitrogens is 2. The first kappa shape index (κ1) is 23.9. The maximum absolute atomic E-state index is 15.0. The van der Waals surface area contributed by atoms with Crippen molar-refractivity contribution in [1.29, 1.82) is 0 Å². The number of anilines is 1. The van der Waals surface area contributed by atoms with Gasteiger partial charge in [-0.3, -0.25) is 9.59 Å². The van der Waals surface area contributed by atoms with E-state index >= 15 is 4.39 Å². The third-order valence-corrected chi connectivity index (χ3v) is 7.08. The Morgan fingerprint density at radius 1 is 1.06 bits per heavy atom. The van der Waals surface area contributed by atoms with E-state index in [4.69, 9.17) is 0 Å². The number of halogens is 1. The molecule has 36 heavy (non-hydrogen) atoms. The van der Waals surface area contributed by atoms with Crippen LogP contribution in [0.4, 0.5) is 10.2 Å². The van der Waals surface area contributed by atoms with E-state index in [1.54, 1.807) is 24.4 Å². The fourth-order valence-electron chi connectivity index (χ4n) is 4.78. The molecule has 0 spiro atoms. The van der Waals surface area contributed by atoms with Crippen molar-refractivity contribution in [1.82, 2.24) is 20.2 Å². The topological polar surface area (TPSA) is 81.3 Å². The molecule has 8 heteroatoms. The summed E-state index contributed by atoms with van der Waals surface area (Å²) in [5.41, 5.74) is 0.676. The van der Waals surface area contributed by atoms with Crippen molar-refractivity contribution in [2.45, 2.75) is 26.3 Å². The predicted molar refractivity (Wildman–Crippen MR) is 141 cm³/mol. The zero-order chi connectivity index (χ0) is 25.4. The SMILES string of the molecule is CCN1CCN(c2ccc(C(C)(C)NC(=O)c3cc4[nH]c5ccccc5c(=O)c4cc3F)cn2)CC1. The van der Waals surface area contributed by atoms with Gasteiger partial charge in [-0.1, -0.05) is 25.1 Å². The molecule has 0 radical (unpaired) electrons. The number of H-pyrrole nitrogens is 1. The second-order valence-corrected chi connectivity index (χ2v) is 9.78. The molecule has 0 saturated carbocycles. The third-order valence-electron chi connectivity index (χ3n) is 7.08. The molecule has 7 nitrogen and oxygen atoms in total. The molecule has 2 aromatic carbocycles. The normalized spacial score (nSPS) is 14.9. The first-order valence-corrected chi connectivity index (χ1v) is 12.3. The lowest BCUT2D eigenvalue weighted by Gasteiger charge is -2.35. The van der Waals surface area contributed by atoms with Crippen LogP contribution in [0.2, 0.25) is 0 Å². The van der Waals surface area contributed by atoms with Crippen LogP contribution in [0.1, 0.15) is 36.7 Å². The minimum Gasteiger partial charge on any atom is -0.354 e. The fourth-order valence-corrected chi connectivity index (χ4v) is 4.78. The zero-order valence-electron chi connectivity index (χ0n) is 20.8. The smallest absolute Gasteiger partial charge is 0.255 e. The lowest BCUT2D eigenvalue weighted by atomic mass is 9.95. The molecule has 5 rings (SSSR count). The van der Waals surface area contributed by atoms with E-state index in [0.717, 1.165) is 50.2 Å². The second-order valence-electron chi connectivity index (χ2n) is 9.78. The molecule has 1 fully saturated rings. The number of likely N-dealkylation sites (N-methyl/N-ethyl adjacent to an activating group) is 1. The summed E-state index contributed by atoms with van der Waals surface area (Å²) in [5, 5.41) is 3.61. The average molecular weight is 488 g/mol. The number of hydrogen-bond donors (Lipinski definition) is 2. The number of hydrogen-bond acceptors (Lipinski definition) is 5. The van der Waals surface area contributed by atoms with Gasteiger partial charge in [-0.25, -0.2) is 9.37 Å². The first-order chi connectivity index (χ1) is 17.3. The monoisotopic (exact) mass is 487 g/mol. The molecule has 2 N–H and O–H groups in total. The van der Waals surface area contributed by atoms with Gasteiger partial charge in [0.25, 0.3) is 5.91 Å². The maximum Gasteiger partial charge on any atom is 0.255 e. The molecule has 0 atom stereocenters. The number of carbonyl (C=O) groups excluding carboxylic acids is 1. The number of nitrogens with zero attached hydrogens (tertiary/aromatic N) is 3. The Hall–Kier alpha value is -3.78. The van der Waals surface area contributed by atoms with Crippen LogP contribution in [0.15, 0.2) is 59.5 Å². The van der Waals surface area contributed by atoms with Gasteiger partial charge in [0.15, 0.2) is 5.43 Å². The van der Waals surface area contributed by atoms with Crippen molar-refractivity contribution in [2.75, 3.05) is 37.6 Å². The van der Waals surface area contributed by atoms with Gasteiger partial charge in [-0.05, 0) is 56.3 Å². The molecular formula is C28H30FN5O2. The minimum atomic E-state index is -0.790. The van der Waals surface area contributed by atoms with Gasteiger partial charge in [0.1, 0.15) is 11.6 Å². The van der Waals surface area contributed by atoms with Crippen molar-refractivity contribution in [3.8, 4) is 0 Å². The van der Waals surface area contributed by atoms with E-state index in [1.807, 2.05) is 32.0 Å². The van der Waals surface area contributed by atoms with Crippen LogP contribution in [0.3, 0.4) is 0 Å². The first-order valence-electron chi connectivity index (χ1n) is 12.3. The highest BCUT2D eigenvalue weighted by Gasteiger charge is 2.26. The fraction of sp³-hybridized carbons (Fsp3) is 0.321. The number of piperazine rings is 1. The number of carbonyl (C=O) groups is 1. The quantitative estimate of drug-likeness (QED) is 0.416. The van der Waals surface area contributed by atoms with Gasteiger partial charge in [0.05, 0.1) is 16.6 Å². The van der Waals surface area contributed by atoms with Crippen molar-refractivity contribution in [3.63, 3.8) is 0 Å². The highest BCUT2D eigenvalue weighted by atomic mass is 19.1. The summed E-state index contributed by atoms with van der Waals surface area (Å²) >= 11 is 0. The van der Waals surface area contributed by atoms with Gasteiger partial charge in [-0.2, -0.15) is 0 Å². The molecule has 3 heterocycles. The molecule has 0 unspecified atom stereocenters. The Balaban J connectivity index is 1.37. The van der Waals surface area contributed by atoms with Crippen LogP contribution in [-0.2, 0) is 5.54 Å². The summed E-state index contributed by atoms with van der Waals surface area (Å²) < 4.78 is 15.0. The number of aromatic amines is 1. The number of nitrogens with one attached hydrogen (secondary N) is 2. The van der Waals surface area contributed by atoms with E-state index in [-0.39, 0.29) is 16.4 Å². The Bertz CT molecular complexity index is 1490. The number of amides is 1. The van der Waals surface area contributed by atoms with E-state index in [9.17, 15) is 9.59 Å². The number of pyridine rings is 2. The molecule has 1 aliphatic rings. The Kier molecular flexibility index (Phi) is 6.22.